The molecule has 3 heterocycles. The predicted molar refractivity (Wildman–Crippen MR) is 77.1 cm³/mol. The molecular weight excluding hydrogens is 252 g/mol. The number of imidazole rings is 1. The summed E-state index contributed by atoms with van der Waals surface area (Å²) in [6, 6.07) is 0.328. The van der Waals surface area contributed by atoms with Gasteiger partial charge in [0, 0.05) is 63.9 Å². The zero-order valence-electron chi connectivity index (χ0n) is 12.2. The Hall–Kier alpha value is -1.66. The Morgan fingerprint density at radius 3 is 3.05 bits per heavy atom. The Labute approximate surface area is 119 Å². The molecule has 108 valence electrons. The second kappa shape index (κ2) is 5.76. The molecular formula is C14H22N6. The fraction of sp³-hybridized carbons (Fsp3) is 0.571. The average molecular weight is 274 g/mol. The van der Waals surface area contributed by atoms with Crippen LogP contribution < -0.4 is 5.32 Å². The maximum atomic E-state index is 4.51. The standard InChI is InChI=1S/C14H22N6/c1-3-20-11-12(8-17-20)10-19-7-4-15-9-13(19)14-16-5-6-18(14)2/h5-6,8,11,13,15H,3-4,7,9-10H2,1-2H3. The first-order valence-corrected chi connectivity index (χ1v) is 7.21. The van der Waals surface area contributed by atoms with Gasteiger partial charge in [-0.2, -0.15) is 5.10 Å². The van der Waals surface area contributed by atoms with Gasteiger partial charge in [-0.1, -0.05) is 0 Å². The first-order valence-electron chi connectivity index (χ1n) is 7.21. The fourth-order valence-corrected chi connectivity index (χ4v) is 2.78. The summed E-state index contributed by atoms with van der Waals surface area (Å²) in [4.78, 5) is 7.00. The maximum absolute atomic E-state index is 4.51. The van der Waals surface area contributed by atoms with E-state index in [1.807, 2.05) is 23.3 Å². The second-order valence-electron chi connectivity index (χ2n) is 5.29. The van der Waals surface area contributed by atoms with Crippen LogP contribution in [0.5, 0.6) is 0 Å². The highest BCUT2D eigenvalue weighted by atomic mass is 15.3. The van der Waals surface area contributed by atoms with E-state index in [9.17, 15) is 0 Å². The molecule has 0 saturated carbocycles. The van der Waals surface area contributed by atoms with Crippen molar-refractivity contribution in [3.8, 4) is 0 Å². The Kier molecular flexibility index (Phi) is 3.84. The van der Waals surface area contributed by atoms with Crippen LogP contribution in [0.3, 0.4) is 0 Å². The summed E-state index contributed by atoms with van der Waals surface area (Å²) < 4.78 is 4.09. The Bertz CT molecular complexity index is 558. The number of aryl methyl sites for hydroxylation is 2. The SMILES string of the molecule is CCn1cc(CN2CCNCC2c2nccn2C)cn1. The molecule has 0 aromatic carbocycles. The van der Waals surface area contributed by atoms with Crippen LogP contribution in [0.2, 0.25) is 0 Å². The molecule has 1 N–H and O–H groups in total. The monoisotopic (exact) mass is 274 g/mol. The van der Waals surface area contributed by atoms with E-state index in [1.54, 1.807) is 0 Å². The zero-order chi connectivity index (χ0) is 13.9. The van der Waals surface area contributed by atoms with Crippen LogP contribution in [0.15, 0.2) is 24.8 Å². The molecule has 1 unspecified atom stereocenters. The van der Waals surface area contributed by atoms with Crippen LogP contribution in [0.1, 0.15) is 24.4 Å². The van der Waals surface area contributed by atoms with Crippen molar-refractivity contribution in [2.75, 3.05) is 19.6 Å². The number of hydrogen-bond acceptors (Lipinski definition) is 4. The van der Waals surface area contributed by atoms with Crippen molar-refractivity contribution in [3.05, 3.63) is 36.2 Å². The van der Waals surface area contributed by atoms with Crippen LogP contribution in [0.4, 0.5) is 0 Å². The zero-order valence-corrected chi connectivity index (χ0v) is 12.2. The Morgan fingerprint density at radius 1 is 1.45 bits per heavy atom. The third-order valence-electron chi connectivity index (χ3n) is 3.91. The van der Waals surface area contributed by atoms with Gasteiger partial charge in [-0.05, 0) is 6.92 Å². The van der Waals surface area contributed by atoms with Gasteiger partial charge in [0.2, 0.25) is 0 Å². The van der Waals surface area contributed by atoms with Crippen molar-refractivity contribution in [3.63, 3.8) is 0 Å². The molecule has 1 saturated heterocycles. The molecule has 0 amide bonds. The summed E-state index contributed by atoms with van der Waals surface area (Å²) in [7, 11) is 2.06. The minimum absolute atomic E-state index is 0.328. The molecule has 6 nitrogen and oxygen atoms in total. The molecule has 0 radical (unpaired) electrons. The number of piperazine rings is 1. The average Bonchev–Trinajstić information content (AvgIpc) is 3.08. The second-order valence-corrected chi connectivity index (χ2v) is 5.29. The van der Waals surface area contributed by atoms with Gasteiger partial charge in [-0.15, -0.1) is 0 Å². The van der Waals surface area contributed by atoms with Crippen LogP contribution in [-0.2, 0) is 20.1 Å². The minimum atomic E-state index is 0.328. The van der Waals surface area contributed by atoms with Crippen molar-refractivity contribution in [1.29, 1.82) is 0 Å². The van der Waals surface area contributed by atoms with Gasteiger partial charge < -0.3 is 9.88 Å². The first kappa shape index (κ1) is 13.3. The van der Waals surface area contributed by atoms with Gasteiger partial charge in [0.15, 0.2) is 0 Å². The Balaban J connectivity index is 1.77. The molecule has 0 aliphatic carbocycles. The number of hydrogen-bond donors (Lipinski definition) is 1. The van der Waals surface area contributed by atoms with Crippen LogP contribution >= 0.6 is 0 Å². The van der Waals surface area contributed by atoms with E-state index >= 15 is 0 Å². The summed E-state index contributed by atoms with van der Waals surface area (Å²) >= 11 is 0. The molecule has 1 atom stereocenters. The van der Waals surface area contributed by atoms with E-state index in [0.717, 1.165) is 38.5 Å². The molecule has 1 aliphatic rings. The van der Waals surface area contributed by atoms with E-state index in [4.69, 9.17) is 0 Å². The number of nitrogens with one attached hydrogen (secondary N) is 1. The smallest absolute Gasteiger partial charge is 0.127 e. The van der Waals surface area contributed by atoms with E-state index in [1.165, 1.54) is 5.56 Å². The molecule has 6 heteroatoms. The normalized spacial score (nSPS) is 20.4. The Morgan fingerprint density at radius 2 is 2.35 bits per heavy atom. The summed E-state index contributed by atoms with van der Waals surface area (Å²) in [6.45, 7) is 6.98. The van der Waals surface area contributed by atoms with Gasteiger partial charge in [0.1, 0.15) is 5.82 Å². The number of rotatable bonds is 4. The predicted octanol–water partition coefficient (Wildman–Crippen LogP) is 0.783. The summed E-state index contributed by atoms with van der Waals surface area (Å²) in [5.74, 6) is 1.13. The van der Waals surface area contributed by atoms with Crippen molar-refractivity contribution in [2.45, 2.75) is 26.1 Å². The highest BCUT2D eigenvalue weighted by Crippen LogP contribution is 2.22. The molecule has 3 rings (SSSR count). The lowest BCUT2D eigenvalue weighted by atomic mass is 10.1. The molecule has 2 aromatic rings. The van der Waals surface area contributed by atoms with Crippen LogP contribution in [0, 0.1) is 0 Å². The van der Waals surface area contributed by atoms with Gasteiger partial charge >= 0.3 is 0 Å². The molecule has 0 bridgehead atoms. The summed E-state index contributed by atoms with van der Waals surface area (Å²) in [6.07, 6.45) is 7.99. The van der Waals surface area contributed by atoms with E-state index in [-0.39, 0.29) is 0 Å². The lowest BCUT2D eigenvalue weighted by Gasteiger charge is -2.35. The summed E-state index contributed by atoms with van der Waals surface area (Å²) in [5, 5.41) is 7.83. The quantitative estimate of drug-likeness (QED) is 0.895. The van der Waals surface area contributed by atoms with Gasteiger partial charge in [0.05, 0.1) is 12.2 Å². The van der Waals surface area contributed by atoms with Gasteiger partial charge in [0.25, 0.3) is 0 Å². The van der Waals surface area contributed by atoms with Crippen LogP contribution in [-0.4, -0.2) is 43.9 Å². The van der Waals surface area contributed by atoms with E-state index in [2.05, 4.69) is 45.0 Å². The summed E-state index contributed by atoms with van der Waals surface area (Å²) in [5.41, 5.74) is 1.27. The molecule has 0 spiro atoms. The molecule has 1 aliphatic heterocycles. The minimum Gasteiger partial charge on any atom is -0.337 e. The topological polar surface area (TPSA) is 50.9 Å². The van der Waals surface area contributed by atoms with Gasteiger partial charge in [-0.3, -0.25) is 9.58 Å². The lowest BCUT2D eigenvalue weighted by Crippen LogP contribution is -2.46. The van der Waals surface area contributed by atoms with E-state index in [0.29, 0.717) is 6.04 Å². The highest BCUT2D eigenvalue weighted by molar-refractivity contribution is 5.08. The van der Waals surface area contributed by atoms with Crippen LogP contribution in [0.25, 0.3) is 0 Å². The number of nitrogens with zero attached hydrogens (tertiary/aromatic N) is 5. The van der Waals surface area contributed by atoms with Crippen molar-refractivity contribution in [2.24, 2.45) is 7.05 Å². The largest absolute Gasteiger partial charge is 0.337 e. The molecule has 1 fully saturated rings. The first-order chi connectivity index (χ1) is 9.78. The third-order valence-corrected chi connectivity index (χ3v) is 3.91. The van der Waals surface area contributed by atoms with Crippen molar-refractivity contribution < 1.29 is 0 Å². The highest BCUT2D eigenvalue weighted by Gasteiger charge is 2.26. The third kappa shape index (κ3) is 2.62. The molecule has 20 heavy (non-hydrogen) atoms. The van der Waals surface area contributed by atoms with E-state index < -0.39 is 0 Å². The number of aromatic nitrogens is 4. The lowest BCUT2D eigenvalue weighted by molar-refractivity contribution is 0.144. The maximum Gasteiger partial charge on any atom is 0.127 e. The van der Waals surface area contributed by atoms with Crippen molar-refractivity contribution >= 4 is 0 Å². The fourth-order valence-electron chi connectivity index (χ4n) is 2.78. The molecule has 2 aromatic heterocycles. The van der Waals surface area contributed by atoms with Gasteiger partial charge in [-0.25, -0.2) is 4.98 Å². The van der Waals surface area contributed by atoms with Crippen molar-refractivity contribution in [1.82, 2.24) is 29.5 Å².